The molecule has 1 saturated carbocycles. The van der Waals surface area contributed by atoms with Crippen molar-refractivity contribution in [1.29, 1.82) is 0 Å². The van der Waals surface area contributed by atoms with Gasteiger partial charge in [0.25, 0.3) is 11.5 Å². The van der Waals surface area contributed by atoms with Gasteiger partial charge in [-0.2, -0.15) is 0 Å². The first-order valence-corrected chi connectivity index (χ1v) is 13.2. The van der Waals surface area contributed by atoms with E-state index in [1.165, 1.54) is 47.0 Å². The molecule has 0 unspecified atom stereocenters. The Morgan fingerprint density at radius 1 is 1.19 bits per heavy atom. The average molecular weight is 580 g/mol. The van der Waals surface area contributed by atoms with Gasteiger partial charge in [0, 0.05) is 26.4 Å². The molecular formula is C28H30FN7O6. The van der Waals surface area contributed by atoms with Crippen molar-refractivity contribution in [3.05, 3.63) is 64.7 Å². The number of nitrogens with zero attached hydrogens (tertiary/aromatic N) is 5. The molecule has 1 fully saturated rings. The SMILES string of the molecule is CO[C@@H]1CC[C@H]1NC(=O)c1onc2c(N(C)C(=O)OC(C)(C)C)cc(Nc3cccn(-c4ccc(F)cn4)c3=O)nc12. The van der Waals surface area contributed by atoms with E-state index in [0.29, 0.717) is 0 Å². The molecule has 0 saturated heterocycles. The molecule has 2 N–H and O–H groups in total. The van der Waals surface area contributed by atoms with Crippen molar-refractivity contribution in [2.24, 2.45) is 0 Å². The fourth-order valence-corrected chi connectivity index (χ4v) is 4.37. The molecule has 0 aliphatic heterocycles. The molecule has 0 spiro atoms. The first kappa shape index (κ1) is 28.7. The van der Waals surface area contributed by atoms with Gasteiger partial charge in [0.15, 0.2) is 5.52 Å². The van der Waals surface area contributed by atoms with Crippen LogP contribution in [0, 0.1) is 5.82 Å². The zero-order valence-electron chi connectivity index (χ0n) is 23.7. The molecular weight excluding hydrogens is 549 g/mol. The van der Waals surface area contributed by atoms with Gasteiger partial charge in [-0.1, -0.05) is 5.16 Å². The van der Waals surface area contributed by atoms with Gasteiger partial charge in [0.2, 0.25) is 5.76 Å². The lowest BCUT2D eigenvalue weighted by atomic mass is 9.89. The molecule has 0 bridgehead atoms. The molecule has 0 radical (unpaired) electrons. The minimum atomic E-state index is -0.780. The minimum Gasteiger partial charge on any atom is -0.443 e. The van der Waals surface area contributed by atoms with E-state index in [-0.39, 0.29) is 51.9 Å². The topological polar surface area (TPSA) is 154 Å². The van der Waals surface area contributed by atoms with Crippen LogP contribution in [0.25, 0.3) is 16.9 Å². The van der Waals surface area contributed by atoms with Crippen molar-refractivity contribution in [1.82, 2.24) is 25.0 Å². The second-order valence-electron chi connectivity index (χ2n) is 10.8. The summed E-state index contributed by atoms with van der Waals surface area (Å²) < 4.78 is 30.9. The van der Waals surface area contributed by atoms with Crippen LogP contribution in [0.4, 0.5) is 26.4 Å². The Morgan fingerprint density at radius 2 is 1.98 bits per heavy atom. The fraction of sp³-hybridized carbons (Fsp3) is 0.357. The van der Waals surface area contributed by atoms with E-state index in [4.69, 9.17) is 14.0 Å². The molecule has 220 valence electrons. The molecule has 14 heteroatoms. The molecule has 4 aromatic heterocycles. The van der Waals surface area contributed by atoms with Gasteiger partial charge in [-0.25, -0.2) is 19.2 Å². The Hall–Kier alpha value is -4.85. The average Bonchev–Trinajstić information content (AvgIpc) is 3.35. The predicted molar refractivity (Wildman–Crippen MR) is 151 cm³/mol. The van der Waals surface area contributed by atoms with E-state index < -0.39 is 29.0 Å². The van der Waals surface area contributed by atoms with Crippen molar-refractivity contribution in [3.63, 3.8) is 0 Å². The molecule has 4 heterocycles. The van der Waals surface area contributed by atoms with Gasteiger partial charge >= 0.3 is 6.09 Å². The maximum atomic E-state index is 13.4. The molecule has 1 aliphatic rings. The van der Waals surface area contributed by atoms with E-state index in [9.17, 15) is 18.8 Å². The smallest absolute Gasteiger partial charge is 0.414 e. The van der Waals surface area contributed by atoms with Gasteiger partial charge in [-0.05, 0) is 57.9 Å². The second-order valence-corrected chi connectivity index (χ2v) is 10.8. The van der Waals surface area contributed by atoms with E-state index in [1.54, 1.807) is 33.9 Å². The standard InChI is InChI=1S/C28H30FN7O6/c1-28(2,3)41-27(39)35(4)18-13-20(31-17-7-6-12-36(26(17)38)21-11-8-15(29)14-30-21)33-23-22(18)34-42-24(23)25(37)32-16-9-10-19(16)40-5/h6-8,11-14,16,19H,9-10H2,1-5H3,(H,31,33)(H,32,37)/t16-,19-/m1/s1. The van der Waals surface area contributed by atoms with Crippen LogP contribution in [0.1, 0.15) is 44.2 Å². The fourth-order valence-electron chi connectivity index (χ4n) is 4.37. The van der Waals surface area contributed by atoms with Crippen LogP contribution in [0.5, 0.6) is 0 Å². The van der Waals surface area contributed by atoms with Gasteiger partial charge in [-0.3, -0.25) is 19.1 Å². The number of carbonyl (C=O) groups is 2. The lowest BCUT2D eigenvalue weighted by Gasteiger charge is -2.35. The number of ether oxygens (including phenoxy) is 2. The third-order valence-corrected chi connectivity index (χ3v) is 6.65. The Kier molecular flexibility index (Phi) is 7.65. The number of amides is 2. The van der Waals surface area contributed by atoms with E-state index in [1.807, 2.05) is 0 Å². The Bertz CT molecular complexity index is 1690. The van der Waals surface area contributed by atoms with E-state index >= 15 is 0 Å². The Labute approximate surface area is 239 Å². The lowest BCUT2D eigenvalue weighted by Crippen LogP contribution is -2.51. The summed E-state index contributed by atoms with van der Waals surface area (Å²) in [5.41, 5.74) is -0.767. The summed E-state index contributed by atoms with van der Waals surface area (Å²) in [4.78, 5) is 49.2. The number of halogens is 1. The summed E-state index contributed by atoms with van der Waals surface area (Å²) in [6.45, 7) is 5.20. The molecule has 0 aromatic carbocycles. The number of anilines is 3. The number of fused-ring (bicyclic) bond motifs is 1. The maximum Gasteiger partial charge on any atom is 0.414 e. The summed E-state index contributed by atoms with van der Waals surface area (Å²) >= 11 is 0. The van der Waals surface area contributed by atoms with Crippen LogP contribution in [-0.2, 0) is 9.47 Å². The van der Waals surface area contributed by atoms with Crippen molar-refractivity contribution < 1.29 is 28.0 Å². The molecule has 2 atom stereocenters. The monoisotopic (exact) mass is 579 g/mol. The summed E-state index contributed by atoms with van der Waals surface area (Å²) in [5, 5.41) is 9.87. The highest BCUT2D eigenvalue weighted by atomic mass is 19.1. The zero-order chi connectivity index (χ0) is 30.2. The number of pyridine rings is 3. The number of nitrogens with one attached hydrogen (secondary N) is 2. The third kappa shape index (κ3) is 5.79. The van der Waals surface area contributed by atoms with Gasteiger partial charge in [0.05, 0.1) is 24.0 Å². The lowest BCUT2D eigenvalue weighted by molar-refractivity contribution is 0.00677. The zero-order valence-corrected chi connectivity index (χ0v) is 23.7. The van der Waals surface area contributed by atoms with Crippen LogP contribution in [0.2, 0.25) is 0 Å². The van der Waals surface area contributed by atoms with Crippen LogP contribution < -0.4 is 21.1 Å². The molecule has 5 rings (SSSR count). The maximum absolute atomic E-state index is 13.4. The third-order valence-electron chi connectivity index (χ3n) is 6.65. The number of hydrogen-bond acceptors (Lipinski definition) is 10. The summed E-state index contributed by atoms with van der Waals surface area (Å²) in [6.07, 6.45) is 3.26. The Morgan fingerprint density at radius 3 is 2.62 bits per heavy atom. The van der Waals surface area contributed by atoms with Crippen LogP contribution in [-0.4, -0.2) is 63.6 Å². The highest BCUT2D eigenvalue weighted by Crippen LogP contribution is 2.32. The Balaban J connectivity index is 1.55. The van der Waals surface area contributed by atoms with Crippen molar-refractivity contribution >= 4 is 40.2 Å². The summed E-state index contributed by atoms with van der Waals surface area (Å²) in [6, 6.07) is 6.97. The van der Waals surface area contributed by atoms with E-state index in [0.717, 1.165) is 19.0 Å². The number of aromatic nitrogens is 4. The predicted octanol–water partition coefficient (Wildman–Crippen LogP) is 3.93. The quantitative estimate of drug-likeness (QED) is 0.329. The molecule has 1 aliphatic carbocycles. The van der Waals surface area contributed by atoms with Gasteiger partial charge in [0.1, 0.15) is 34.3 Å². The van der Waals surface area contributed by atoms with E-state index in [2.05, 4.69) is 25.8 Å². The highest BCUT2D eigenvalue weighted by Gasteiger charge is 2.34. The van der Waals surface area contributed by atoms with Crippen molar-refractivity contribution in [2.75, 3.05) is 24.4 Å². The summed E-state index contributed by atoms with van der Waals surface area (Å²) in [5.74, 6) is -0.934. The molecule has 42 heavy (non-hydrogen) atoms. The second kappa shape index (κ2) is 11.2. The summed E-state index contributed by atoms with van der Waals surface area (Å²) in [7, 11) is 3.06. The molecule has 2 amide bonds. The number of carbonyl (C=O) groups excluding carboxylic acids is 2. The number of hydrogen-bond donors (Lipinski definition) is 2. The molecule has 13 nitrogen and oxygen atoms in total. The number of rotatable bonds is 7. The normalized spacial score (nSPS) is 16.5. The van der Waals surface area contributed by atoms with Crippen LogP contribution >= 0.6 is 0 Å². The highest BCUT2D eigenvalue weighted by molar-refractivity contribution is 6.07. The number of methoxy groups -OCH3 is 1. The minimum absolute atomic E-state index is 0.0626. The van der Waals surface area contributed by atoms with Gasteiger partial charge in [-0.15, -0.1) is 0 Å². The van der Waals surface area contributed by atoms with Crippen LogP contribution in [0.3, 0.4) is 0 Å². The van der Waals surface area contributed by atoms with Crippen molar-refractivity contribution in [2.45, 2.75) is 51.4 Å². The van der Waals surface area contributed by atoms with Crippen molar-refractivity contribution in [3.8, 4) is 5.82 Å². The first-order chi connectivity index (χ1) is 19.9. The first-order valence-electron chi connectivity index (χ1n) is 13.2. The van der Waals surface area contributed by atoms with Crippen LogP contribution in [0.15, 0.2) is 52.0 Å². The van der Waals surface area contributed by atoms with Gasteiger partial charge < -0.3 is 24.6 Å². The largest absolute Gasteiger partial charge is 0.443 e. The molecule has 4 aromatic rings.